The van der Waals surface area contributed by atoms with Crippen molar-refractivity contribution in [3.63, 3.8) is 0 Å². The van der Waals surface area contributed by atoms with Crippen LogP contribution in [0.4, 0.5) is 0 Å². The number of hydrogen-bond donors (Lipinski definition) is 1. The predicted octanol–water partition coefficient (Wildman–Crippen LogP) is 3.30. The van der Waals surface area contributed by atoms with Gasteiger partial charge in [-0.05, 0) is 30.2 Å². The van der Waals surface area contributed by atoms with Crippen LogP contribution in [-0.4, -0.2) is 14.2 Å². The Labute approximate surface area is 120 Å². The lowest BCUT2D eigenvalue weighted by Gasteiger charge is -2.11. The van der Waals surface area contributed by atoms with E-state index >= 15 is 0 Å². The Hall–Kier alpha value is -2.00. The smallest absolute Gasteiger partial charge is 0.123 e. The molecule has 3 heteroatoms. The molecule has 2 aromatic carbocycles. The number of nitrogens with one attached hydrogen (secondary N) is 1. The zero-order chi connectivity index (χ0) is 14.4. The van der Waals surface area contributed by atoms with Gasteiger partial charge in [0.05, 0.1) is 14.2 Å². The number of aryl methyl sites for hydroxylation is 1. The van der Waals surface area contributed by atoms with Crippen LogP contribution in [0.15, 0.2) is 42.5 Å². The maximum absolute atomic E-state index is 5.34. The molecule has 0 unspecified atom stereocenters. The Kier molecular flexibility index (Phi) is 5.02. The third-order valence-electron chi connectivity index (χ3n) is 3.30. The Bertz CT molecular complexity index is 567. The first-order valence-corrected chi connectivity index (χ1v) is 6.70. The van der Waals surface area contributed by atoms with Gasteiger partial charge in [0, 0.05) is 18.7 Å². The summed E-state index contributed by atoms with van der Waals surface area (Å²) in [6.07, 6.45) is 0. The Morgan fingerprint density at radius 1 is 0.900 bits per heavy atom. The Balaban J connectivity index is 1.94. The molecule has 0 radical (unpaired) electrons. The number of hydrogen-bond acceptors (Lipinski definition) is 3. The molecule has 0 fully saturated rings. The quantitative estimate of drug-likeness (QED) is 0.874. The van der Waals surface area contributed by atoms with Crippen molar-refractivity contribution in [3.8, 4) is 11.5 Å². The van der Waals surface area contributed by atoms with Gasteiger partial charge in [0.25, 0.3) is 0 Å². The standard InChI is InChI=1S/C17H21NO2/c1-13-10-14(8-9-16(13)19-2)11-18-12-15-6-4-5-7-17(15)20-3/h4-10,18H,11-12H2,1-3H3. The van der Waals surface area contributed by atoms with Crippen LogP contribution in [0.5, 0.6) is 11.5 Å². The van der Waals surface area contributed by atoms with Gasteiger partial charge in [-0.3, -0.25) is 0 Å². The fraction of sp³-hybridized carbons (Fsp3) is 0.294. The first kappa shape index (κ1) is 14.4. The first-order valence-electron chi connectivity index (χ1n) is 6.70. The van der Waals surface area contributed by atoms with Crippen LogP contribution >= 0.6 is 0 Å². The minimum absolute atomic E-state index is 0.787. The molecular formula is C17H21NO2. The van der Waals surface area contributed by atoms with Gasteiger partial charge in [-0.15, -0.1) is 0 Å². The summed E-state index contributed by atoms with van der Waals surface area (Å²) in [6.45, 7) is 3.67. The van der Waals surface area contributed by atoms with Crippen molar-refractivity contribution in [1.29, 1.82) is 0 Å². The van der Waals surface area contributed by atoms with Crippen LogP contribution in [0, 0.1) is 6.92 Å². The summed E-state index contributed by atoms with van der Waals surface area (Å²) in [4.78, 5) is 0. The number of benzene rings is 2. The SMILES string of the molecule is COc1ccc(CNCc2ccccc2OC)cc1C. The monoisotopic (exact) mass is 271 g/mol. The van der Waals surface area contributed by atoms with Gasteiger partial charge < -0.3 is 14.8 Å². The average molecular weight is 271 g/mol. The maximum atomic E-state index is 5.34. The molecule has 0 spiro atoms. The van der Waals surface area contributed by atoms with Crippen molar-refractivity contribution in [2.45, 2.75) is 20.0 Å². The second-order valence-corrected chi connectivity index (χ2v) is 4.72. The van der Waals surface area contributed by atoms with E-state index < -0.39 is 0 Å². The molecule has 2 aromatic rings. The molecule has 0 aromatic heterocycles. The fourth-order valence-corrected chi connectivity index (χ4v) is 2.24. The van der Waals surface area contributed by atoms with Gasteiger partial charge in [0.1, 0.15) is 11.5 Å². The van der Waals surface area contributed by atoms with Crippen molar-refractivity contribution in [2.75, 3.05) is 14.2 Å². The maximum Gasteiger partial charge on any atom is 0.123 e. The minimum atomic E-state index is 0.787. The number of rotatable bonds is 6. The van der Waals surface area contributed by atoms with E-state index in [1.54, 1.807) is 14.2 Å². The fourth-order valence-electron chi connectivity index (χ4n) is 2.24. The van der Waals surface area contributed by atoms with E-state index in [0.717, 1.165) is 30.2 Å². The molecular weight excluding hydrogens is 250 g/mol. The van der Waals surface area contributed by atoms with Gasteiger partial charge in [-0.1, -0.05) is 30.3 Å². The van der Waals surface area contributed by atoms with E-state index in [1.807, 2.05) is 24.3 Å². The molecule has 0 heterocycles. The van der Waals surface area contributed by atoms with Crippen molar-refractivity contribution in [1.82, 2.24) is 5.32 Å². The summed E-state index contributed by atoms with van der Waals surface area (Å²) >= 11 is 0. The number of methoxy groups -OCH3 is 2. The van der Waals surface area contributed by atoms with E-state index in [0.29, 0.717) is 0 Å². The second kappa shape index (κ2) is 6.96. The van der Waals surface area contributed by atoms with Gasteiger partial charge in [-0.25, -0.2) is 0 Å². The highest BCUT2D eigenvalue weighted by molar-refractivity contribution is 5.36. The summed E-state index contributed by atoms with van der Waals surface area (Å²) in [5, 5.41) is 3.44. The zero-order valence-corrected chi connectivity index (χ0v) is 12.3. The van der Waals surface area contributed by atoms with Crippen LogP contribution in [0.1, 0.15) is 16.7 Å². The molecule has 1 N–H and O–H groups in total. The van der Waals surface area contributed by atoms with Gasteiger partial charge in [0.15, 0.2) is 0 Å². The highest BCUT2D eigenvalue weighted by Gasteiger charge is 2.02. The molecule has 0 saturated carbocycles. The average Bonchev–Trinajstić information content (AvgIpc) is 2.48. The van der Waals surface area contributed by atoms with Crippen LogP contribution < -0.4 is 14.8 Å². The molecule has 0 aliphatic heterocycles. The van der Waals surface area contributed by atoms with E-state index in [1.165, 1.54) is 11.1 Å². The van der Waals surface area contributed by atoms with Crippen LogP contribution in [0.2, 0.25) is 0 Å². The van der Waals surface area contributed by atoms with E-state index in [2.05, 4.69) is 30.4 Å². The van der Waals surface area contributed by atoms with Gasteiger partial charge in [0.2, 0.25) is 0 Å². The molecule has 20 heavy (non-hydrogen) atoms. The van der Waals surface area contributed by atoms with Crippen molar-refractivity contribution in [2.24, 2.45) is 0 Å². The molecule has 0 aliphatic rings. The third kappa shape index (κ3) is 3.52. The van der Waals surface area contributed by atoms with Gasteiger partial charge in [-0.2, -0.15) is 0 Å². The highest BCUT2D eigenvalue weighted by Crippen LogP contribution is 2.19. The molecule has 0 amide bonds. The number of ether oxygens (including phenoxy) is 2. The normalized spacial score (nSPS) is 10.3. The van der Waals surface area contributed by atoms with Crippen LogP contribution in [0.3, 0.4) is 0 Å². The van der Waals surface area contributed by atoms with Crippen molar-refractivity contribution < 1.29 is 9.47 Å². The topological polar surface area (TPSA) is 30.5 Å². The van der Waals surface area contributed by atoms with Crippen molar-refractivity contribution in [3.05, 3.63) is 59.2 Å². The summed E-state index contributed by atoms with van der Waals surface area (Å²) in [5.41, 5.74) is 3.57. The first-order chi connectivity index (χ1) is 9.74. The van der Waals surface area contributed by atoms with Gasteiger partial charge >= 0.3 is 0 Å². The molecule has 0 bridgehead atoms. The molecule has 3 nitrogen and oxygen atoms in total. The van der Waals surface area contributed by atoms with Crippen molar-refractivity contribution >= 4 is 0 Å². The van der Waals surface area contributed by atoms with E-state index in [4.69, 9.17) is 9.47 Å². The number of para-hydroxylation sites is 1. The van der Waals surface area contributed by atoms with Crippen LogP contribution in [0.25, 0.3) is 0 Å². The minimum Gasteiger partial charge on any atom is -0.496 e. The molecule has 0 saturated heterocycles. The summed E-state index contributed by atoms with van der Waals surface area (Å²) < 4.78 is 10.6. The Morgan fingerprint density at radius 3 is 2.35 bits per heavy atom. The van der Waals surface area contributed by atoms with Crippen LogP contribution in [-0.2, 0) is 13.1 Å². The lowest BCUT2D eigenvalue weighted by Crippen LogP contribution is -2.13. The zero-order valence-electron chi connectivity index (χ0n) is 12.3. The summed E-state index contributed by atoms with van der Waals surface area (Å²) in [6, 6.07) is 14.3. The predicted molar refractivity (Wildman–Crippen MR) is 81.3 cm³/mol. The highest BCUT2D eigenvalue weighted by atomic mass is 16.5. The molecule has 106 valence electrons. The molecule has 0 atom stereocenters. The Morgan fingerprint density at radius 2 is 1.65 bits per heavy atom. The summed E-state index contributed by atoms with van der Waals surface area (Å²) in [5.74, 6) is 1.85. The van der Waals surface area contributed by atoms with E-state index in [9.17, 15) is 0 Å². The summed E-state index contributed by atoms with van der Waals surface area (Å²) in [7, 11) is 3.40. The largest absolute Gasteiger partial charge is 0.496 e. The lowest BCUT2D eigenvalue weighted by atomic mass is 10.1. The molecule has 2 rings (SSSR count). The third-order valence-corrected chi connectivity index (χ3v) is 3.30. The second-order valence-electron chi connectivity index (χ2n) is 4.72. The lowest BCUT2D eigenvalue weighted by molar-refractivity contribution is 0.407. The van der Waals surface area contributed by atoms with E-state index in [-0.39, 0.29) is 0 Å². The molecule has 0 aliphatic carbocycles.